The lowest BCUT2D eigenvalue weighted by molar-refractivity contribution is -0.132. The number of hydrogen-bond acceptors (Lipinski definition) is 3. The quantitative estimate of drug-likeness (QED) is 0.947. The average Bonchev–Trinajstić information content (AvgIpc) is 2.76. The Morgan fingerprint density at radius 1 is 1.35 bits per heavy atom. The molecule has 1 saturated heterocycles. The first kappa shape index (κ1) is 15.7. The van der Waals surface area contributed by atoms with Crippen molar-refractivity contribution < 1.29 is 4.79 Å². The lowest BCUT2D eigenvalue weighted by Gasteiger charge is -2.30. The largest absolute Gasteiger partial charge is 0.335 e. The van der Waals surface area contributed by atoms with Crippen LogP contribution in [0.4, 0.5) is 0 Å². The first-order valence-electron chi connectivity index (χ1n) is 8.36. The molecule has 122 valence electrons. The standard InChI is InChI=1S/C18H24N4O/c1-13-18(14(2)21-20-13)16-8-4-3-5-10-22(16)17(23)11-15-7-6-9-19-12-15/h6-7,9,12,16H,3-5,8,10-11H2,1-2H3,(H,20,21)/t16-/m1/s1. The molecule has 23 heavy (non-hydrogen) atoms. The van der Waals surface area contributed by atoms with Crippen molar-refractivity contribution in [3.63, 3.8) is 0 Å². The van der Waals surface area contributed by atoms with Crippen molar-refractivity contribution in [1.29, 1.82) is 0 Å². The molecule has 1 fully saturated rings. The topological polar surface area (TPSA) is 61.9 Å². The van der Waals surface area contributed by atoms with Crippen LogP contribution < -0.4 is 0 Å². The summed E-state index contributed by atoms with van der Waals surface area (Å²) in [6.07, 6.45) is 8.36. The Labute approximate surface area is 137 Å². The molecule has 3 heterocycles. The number of nitrogens with zero attached hydrogens (tertiary/aromatic N) is 3. The highest BCUT2D eigenvalue weighted by atomic mass is 16.2. The zero-order chi connectivity index (χ0) is 16.2. The zero-order valence-electron chi connectivity index (χ0n) is 13.9. The molecule has 0 unspecified atom stereocenters. The number of aromatic nitrogens is 3. The first-order chi connectivity index (χ1) is 11.2. The molecule has 2 aromatic rings. The van der Waals surface area contributed by atoms with Gasteiger partial charge >= 0.3 is 0 Å². The maximum atomic E-state index is 12.9. The number of rotatable bonds is 3. The number of aryl methyl sites for hydroxylation is 2. The van der Waals surface area contributed by atoms with Crippen molar-refractivity contribution in [2.75, 3.05) is 6.54 Å². The second-order valence-corrected chi connectivity index (χ2v) is 6.34. The number of aromatic amines is 1. The minimum Gasteiger partial charge on any atom is -0.335 e. The Kier molecular flexibility index (Phi) is 4.74. The third-order valence-corrected chi connectivity index (χ3v) is 4.67. The molecule has 0 bridgehead atoms. The summed E-state index contributed by atoms with van der Waals surface area (Å²) in [5.41, 5.74) is 4.26. The van der Waals surface area contributed by atoms with Crippen molar-refractivity contribution in [3.8, 4) is 0 Å². The van der Waals surface area contributed by atoms with Crippen LogP contribution in [0.15, 0.2) is 24.5 Å². The van der Waals surface area contributed by atoms with E-state index in [1.54, 1.807) is 12.4 Å². The van der Waals surface area contributed by atoms with E-state index in [9.17, 15) is 4.79 Å². The molecule has 0 radical (unpaired) electrons. The Hall–Kier alpha value is -2.17. The third kappa shape index (κ3) is 3.44. The van der Waals surface area contributed by atoms with Gasteiger partial charge in [-0.3, -0.25) is 14.9 Å². The van der Waals surface area contributed by atoms with Gasteiger partial charge in [-0.05, 0) is 38.3 Å². The number of pyridine rings is 1. The highest BCUT2D eigenvalue weighted by Gasteiger charge is 2.29. The molecule has 0 aromatic carbocycles. The van der Waals surface area contributed by atoms with E-state index in [-0.39, 0.29) is 11.9 Å². The molecule has 1 atom stereocenters. The lowest BCUT2D eigenvalue weighted by atomic mass is 9.98. The summed E-state index contributed by atoms with van der Waals surface area (Å²) in [4.78, 5) is 19.1. The van der Waals surface area contributed by atoms with Crippen LogP contribution in [0.5, 0.6) is 0 Å². The molecule has 5 heteroatoms. The first-order valence-corrected chi connectivity index (χ1v) is 8.36. The van der Waals surface area contributed by atoms with Crippen molar-refractivity contribution in [1.82, 2.24) is 20.1 Å². The Morgan fingerprint density at radius 3 is 2.91 bits per heavy atom. The van der Waals surface area contributed by atoms with Gasteiger partial charge in [0.25, 0.3) is 0 Å². The van der Waals surface area contributed by atoms with Crippen LogP contribution in [-0.4, -0.2) is 32.5 Å². The zero-order valence-corrected chi connectivity index (χ0v) is 13.9. The summed E-state index contributed by atoms with van der Waals surface area (Å²) in [6, 6.07) is 3.99. The number of H-pyrrole nitrogens is 1. The highest BCUT2D eigenvalue weighted by Crippen LogP contribution is 2.33. The van der Waals surface area contributed by atoms with Gasteiger partial charge in [0.05, 0.1) is 18.2 Å². The summed E-state index contributed by atoms with van der Waals surface area (Å²) in [5, 5.41) is 7.39. The van der Waals surface area contributed by atoms with Crippen molar-refractivity contribution in [2.24, 2.45) is 0 Å². The van der Waals surface area contributed by atoms with Crippen LogP contribution in [0.25, 0.3) is 0 Å². The van der Waals surface area contributed by atoms with Crippen LogP contribution in [-0.2, 0) is 11.2 Å². The molecule has 3 rings (SSSR count). The van der Waals surface area contributed by atoms with E-state index in [0.29, 0.717) is 6.42 Å². The monoisotopic (exact) mass is 312 g/mol. The molecule has 0 aliphatic carbocycles. The molecule has 1 amide bonds. The number of amides is 1. The Balaban J connectivity index is 1.85. The van der Waals surface area contributed by atoms with E-state index in [4.69, 9.17) is 0 Å². The van der Waals surface area contributed by atoms with Crippen LogP contribution >= 0.6 is 0 Å². The molecule has 1 aliphatic rings. The maximum absolute atomic E-state index is 12.9. The predicted molar refractivity (Wildman–Crippen MR) is 88.9 cm³/mol. The number of hydrogen-bond donors (Lipinski definition) is 1. The molecule has 0 saturated carbocycles. The van der Waals surface area contributed by atoms with Crippen molar-refractivity contribution in [3.05, 3.63) is 47.0 Å². The summed E-state index contributed by atoms with van der Waals surface area (Å²) < 4.78 is 0. The number of carbonyl (C=O) groups excluding carboxylic acids is 1. The minimum absolute atomic E-state index is 0.139. The van der Waals surface area contributed by atoms with Gasteiger partial charge < -0.3 is 4.90 Å². The third-order valence-electron chi connectivity index (χ3n) is 4.67. The van der Waals surface area contributed by atoms with Crippen molar-refractivity contribution >= 4 is 5.91 Å². The van der Waals surface area contributed by atoms with Crippen LogP contribution in [0.3, 0.4) is 0 Å². The second kappa shape index (κ2) is 6.94. The number of nitrogens with one attached hydrogen (secondary N) is 1. The maximum Gasteiger partial charge on any atom is 0.227 e. The van der Waals surface area contributed by atoms with E-state index < -0.39 is 0 Å². The molecular weight excluding hydrogens is 288 g/mol. The highest BCUT2D eigenvalue weighted by molar-refractivity contribution is 5.79. The van der Waals surface area contributed by atoms with E-state index in [1.807, 2.05) is 26.0 Å². The number of carbonyl (C=O) groups is 1. The normalized spacial score (nSPS) is 18.7. The number of likely N-dealkylation sites (tertiary alicyclic amines) is 1. The molecule has 1 aliphatic heterocycles. The fourth-order valence-electron chi connectivity index (χ4n) is 3.54. The van der Waals surface area contributed by atoms with E-state index in [0.717, 1.165) is 42.8 Å². The van der Waals surface area contributed by atoms with Gasteiger partial charge in [-0.25, -0.2) is 0 Å². The fourth-order valence-corrected chi connectivity index (χ4v) is 3.54. The summed E-state index contributed by atoms with van der Waals surface area (Å²) in [6.45, 7) is 4.89. The predicted octanol–water partition coefficient (Wildman–Crippen LogP) is 3.11. The fraction of sp³-hybridized carbons (Fsp3) is 0.500. The van der Waals surface area contributed by atoms with Crippen LogP contribution in [0.1, 0.15) is 54.2 Å². The molecule has 0 spiro atoms. The smallest absolute Gasteiger partial charge is 0.227 e. The van der Waals surface area contributed by atoms with E-state index >= 15 is 0 Å². The minimum atomic E-state index is 0.139. The van der Waals surface area contributed by atoms with Crippen molar-refractivity contribution in [2.45, 2.75) is 52.0 Å². The van der Waals surface area contributed by atoms with E-state index in [2.05, 4.69) is 20.1 Å². The molecular formula is C18H24N4O. The van der Waals surface area contributed by atoms with Gasteiger partial charge in [-0.2, -0.15) is 5.10 Å². The van der Waals surface area contributed by atoms with Gasteiger partial charge in [0.2, 0.25) is 5.91 Å². The van der Waals surface area contributed by atoms with Gasteiger partial charge in [0.1, 0.15) is 0 Å². The molecule has 2 aromatic heterocycles. The average molecular weight is 312 g/mol. The molecule has 5 nitrogen and oxygen atoms in total. The summed E-state index contributed by atoms with van der Waals surface area (Å²) in [7, 11) is 0. The molecule has 1 N–H and O–H groups in total. The van der Waals surface area contributed by atoms with Gasteiger partial charge in [0.15, 0.2) is 0 Å². The van der Waals surface area contributed by atoms with Gasteiger partial charge in [-0.1, -0.05) is 18.9 Å². The second-order valence-electron chi connectivity index (χ2n) is 6.34. The lowest BCUT2D eigenvalue weighted by Crippen LogP contribution is -2.36. The Bertz CT molecular complexity index is 645. The summed E-state index contributed by atoms with van der Waals surface area (Å²) >= 11 is 0. The van der Waals surface area contributed by atoms with Gasteiger partial charge in [0, 0.05) is 30.2 Å². The van der Waals surface area contributed by atoms with E-state index in [1.165, 1.54) is 12.0 Å². The Morgan fingerprint density at radius 2 is 2.22 bits per heavy atom. The van der Waals surface area contributed by atoms with Crippen LogP contribution in [0.2, 0.25) is 0 Å². The summed E-state index contributed by atoms with van der Waals surface area (Å²) in [5.74, 6) is 0.185. The van der Waals surface area contributed by atoms with Gasteiger partial charge in [-0.15, -0.1) is 0 Å². The van der Waals surface area contributed by atoms with Crippen LogP contribution in [0, 0.1) is 13.8 Å². The SMILES string of the molecule is Cc1n[nH]c(C)c1[C@H]1CCCCCN1C(=O)Cc1cccnc1.